The number of unbranched alkanes of at least 4 members (excludes halogenated alkanes) is 3. The molecule has 2 N–H and O–H groups in total. The molecule has 0 aromatic carbocycles. The first-order chi connectivity index (χ1) is 7.65. The molecule has 1 unspecified atom stereocenters. The van der Waals surface area contributed by atoms with Gasteiger partial charge in [0.2, 0.25) is 0 Å². The van der Waals surface area contributed by atoms with Crippen LogP contribution in [0.1, 0.15) is 49.5 Å². The molecule has 1 atom stereocenters. The van der Waals surface area contributed by atoms with Crippen molar-refractivity contribution in [1.29, 1.82) is 0 Å². The van der Waals surface area contributed by atoms with Gasteiger partial charge in [-0.15, -0.1) is 6.58 Å². The maximum atomic E-state index is 6.14. The number of hydrogen-bond acceptors (Lipinski definition) is 2. The SMILES string of the molecule is C=CCCCCCC(N)c1cc(C)nn1C. The summed E-state index contributed by atoms with van der Waals surface area (Å²) in [6, 6.07) is 2.20. The van der Waals surface area contributed by atoms with Crippen LogP contribution in [0.2, 0.25) is 0 Å². The van der Waals surface area contributed by atoms with Crippen LogP contribution in [-0.2, 0) is 7.05 Å². The summed E-state index contributed by atoms with van der Waals surface area (Å²) in [4.78, 5) is 0. The lowest BCUT2D eigenvalue weighted by molar-refractivity contribution is 0.537. The molecule has 3 nitrogen and oxygen atoms in total. The van der Waals surface area contributed by atoms with Crippen LogP contribution in [-0.4, -0.2) is 9.78 Å². The molecule has 0 amide bonds. The molecule has 0 aliphatic heterocycles. The van der Waals surface area contributed by atoms with E-state index in [-0.39, 0.29) is 6.04 Å². The van der Waals surface area contributed by atoms with Crippen molar-refractivity contribution in [2.24, 2.45) is 12.8 Å². The van der Waals surface area contributed by atoms with Crippen molar-refractivity contribution in [2.45, 2.75) is 45.1 Å². The summed E-state index contributed by atoms with van der Waals surface area (Å²) in [5.41, 5.74) is 8.32. The fourth-order valence-corrected chi connectivity index (χ4v) is 1.96. The van der Waals surface area contributed by atoms with Gasteiger partial charge in [0.05, 0.1) is 11.4 Å². The van der Waals surface area contributed by atoms with Crippen molar-refractivity contribution >= 4 is 0 Å². The highest BCUT2D eigenvalue weighted by molar-refractivity contribution is 5.12. The fraction of sp³-hybridized carbons (Fsp3) is 0.615. The summed E-state index contributed by atoms with van der Waals surface area (Å²) in [7, 11) is 1.96. The zero-order chi connectivity index (χ0) is 12.0. The molecule has 1 aromatic rings. The van der Waals surface area contributed by atoms with Crippen LogP contribution in [0.3, 0.4) is 0 Å². The zero-order valence-electron chi connectivity index (χ0n) is 10.4. The van der Waals surface area contributed by atoms with Gasteiger partial charge < -0.3 is 5.73 Å². The lowest BCUT2D eigenvalue weighted by Gasteiger charge is -2.11. The first-order valence-electron chi connectivity index (χ1n) is 6.02. The van der Waals surface area contributed by atoms with E-state index >= 15 is 0 Å². The van der Waals surface area contributed by atoms with Gasteiger partial charge >= 0.3 is 0 Å². The maximum Gasteiger partial charge on any atom is 0.0597 e. The van der Waals surface area contributed by atoms with Crippen LogP contribution >= 0.6 is 0 Å². The molecule has 16 heavy (non-hydrogen) atoms. The summed E-state index contributed by atoms with van der Waals surface area (Å²) in [6.45, 7) is 5.72. The number of nitrogens with zero attached hydrogens (tertiary/aromatic N) is 2. The second-order valence-electron chi connectivity index (χ2n) is 4.37. The Bertz CT molecular complexity index is 328. The van der Waals surface area contributed by atoms with Crippen LogP contribution < -0.4 is 5.73 Å². The molecule has 3 heteroatoms. The predicted octanol–water partition coefficient (Wildman–Crippen LogP) is 2.86. The number of aromatic nitrogens is 2. The summed E-state index contributed by atoms with van der Waals surface area (Å²) < 4.78 is 1.89. The van der Waals surface area contributed by atoms with Gasteiger partial charge in [-0.25, -0.2) is 0 Å². The van der Waals surface area contributed by atoms with Crippen molar-refractivity contribution < 1.29 is 0 Å². The molecule has 0 fully saturated rings. The molecule has 1 rings (SSSR count). The number of aryl methyl sites for hydroxylation is 2. The summed E-state index contributed by atoms with van der Waals surface area (Å²) in [5, 5.41) is 4.31. The van der Waals surface area contributed by atoms with Crippen LogP contribution in [0, 0.1) is 6.92 Å². The van der Waals surface area contributed by atoms with E-state index in [2.05, 4.69) is 17.7 Å². The zero-order valence-corrected chi connectivity index (χ0v) is 10.4. The number of hydrogen-bond donors (Lipinski definition) is 1. The van der Waals surface area contributed by atoms with Crippen molar-refractivity contribution in [1.82, 2.24) is 9.78 Å². The number of nitrogens with two attached hydrogens (primary N) is 1. The molecule has 0 bridgehead atoms. The standard InChI is InChI=1S/C13H23N3/c1-4-5-6-7-8-9-12(14)13-10-11(2)15-16(13)3/h4,10,12H,1,5-9,14H2,2-3H3. The molecule has 0 aliphatic rings. The number of allylic oxidation sites excluding steroid dienone is 1. The maximum absolute atomic E-state index is 6.14. The van der Waals surface area contributed by atoms with Crippen LogP contribution in [0.15, 0.2) is 18.7 Å². The largest absolute Gasteiger partial charge is 0.323 e. The highest BCUT2D eigenvalue weighted by atomic mass is 15.3. The first kappa shape index (κ1) is 13.0. The Labute approximate surface area is 98.3 Å². The number of rotatable bonds is 7. The lowest BCUT2D eigenvalue weighted by Crippen LogP contribution is -2.14. The van der Waals surface area contributed by atoms with E-state index in [9.17, 15) is 0 Å². The van der Waals surface area contributed by atoms with E-state index in [1.54, 1.807) is 0 Å². The van der Waals surface area contributed by atoms with E-state index < -0.39 is 0 Å². The van der Waals surface area contributed by atoms with E-state index in [1.165, 1.54) is 19.3 Å². The molecule has 90 valence electrons. The Morgan fingerprint density at radius 3 is 2.81 bits per heavy atom. The molecule has 0 aliphatic carbocycles. The normalized spacial score (nSPS) is 12.7. The molecule has 0 saturated carbocycles. The molecule has 1 aromatic heterocycles. The van der Waals surface area contributed by atoms with Crippen LogP contribution in [0.5, 0.6) is 0 Å². The Hall–Kier alpha value is -1.09. The van der Waals surface area contributed by atoms with Crippen molar-refractivity contribution in [3.05, 3.63) is 30.1 Å². The van der Waals surface area contributed by atoms with E-state index in [0.29, 0.717) is 0 Å². The minimum atomic E-state index is 0.120. The fourth-order valence-electron chi connectivity index (χ4n) is 1.96. The van der Waals surface area contributed by atoms with Crippen molar-refractivity contribution in [3.8, 4) is 0 Å². The minimum absolute atomic E-state index is 0.120. The average molecular weight is 221 g/mol. The Kier molecular flexibility index (Phi) is 5.26. The van der Waals surface area contributed by atoms with Crippen molar-refractivity contribution in [3.63, 3.8) is 0 Å². The van der Waals surface area contributed by atoms with Gasteiger partial charge in [0.25, 0.3) is 0 Å². The Balaban J connectivity index is 2.32. The first-order valence-corrected chi connectivity index (χ1v) is 6.02. The summed E-state index contributed by atoms with van der Waals surface area (Å²) in [5.74, 6) is 0. The van der Waals surface area contributed by atoms with Gasteiger partial charge in [0.15, 0.2) is 0 Å². The summed E-state index contributed by atoms with van der Waals surface area (Å²) >= 11 is 0. The lowest BCUT2D eigenvalue weighted by atomic mass is 10.1. The third-order valence-electron chi connectivity index (χ3n) is 2.84. The van der Waals surface area contributed by atoms with Gasteiger partial charge in [0.1, 0.15) is 0 Å². The monoisotopic (exact) mass is 221 g/mol. The van der Waals surface area contributed by atoms with Crippen molar-refractivity contribution in [2.75, 3.05) is 0 Å². The summed E-state index contributed by atoms with van der Waals surface area (Å²) in [6.07, 6.45) is 7.76. The third-order valence-corrected chi connectivity index (χ3v) is 2.84. The molecule has 1 heterocycles. The Morgan fingerprint density at radius 1 is 1.50 bits per heavy atom. The van der Waals surface area contributed by atoms with Gasteiger partial charge in [-0.2, -0.15) is 5.10 Å². The van der Waals surface area contributed by atoms with Gasteiger partial charge in [-0.3, -0.25) is 4.68 Å². The molecular formula is C13H23N3. The topological polar surface area (TPSA) is 43.8 Å². The van der Waals surface area contributed by atoms with E-state index in [4.69, 9.17) is 5.73 Å². The van der Waals surface area contributed by atoms with Crippen LogP contribution in [0.25, 0.3) is 0 Å². The second kappa shape index (κ2) is 6.48. The van der Waals surface area contributed by atoms with Gasteiger partial charge in [0, 0.05) is 13.1 Å². The van der Waals surface area contributed by atoms with Gasteiger partial charge in [-0.05, 0) is 32.3 Å². The molecule has 0 radical (unpaired) electrons. The van der Waals surface area contributed by atoms with E-state index in [0.717, 1.165) is 24.2 Å². The highest BCUT2D eigenvalue weighted by Gasteiger charge is 2.10. The quantitative estimate of drug-likeness (QED) is 0.568. The minimum Gasteiger partial charge on any atom is -0.323 e. The average Bonchev–Trinajstić information content (AvgIpc) is 2.57. The van der Waals surface area contributed by atoms with E-state index in [1.807, 2.05) is 24.7 Å². The highest BCUT2D eigenvalue weighted by Crippen LogP contribution is 2.18. The smallest absolute Gasteiger partial charge is 0.0597 e. The van der Waals surface area contributed by atoms with Gasteiger partial charge in [-0.1, -0.05) is 18.9 Å². The third kappa shape index (κ3) is 3.81. The van der Waals surface area contributed by atoms with Crippen LogP contribution in [0.4, 0.5) is 0 Å². The predicted molar refractivity (Wildman–Crippen MR) is 68.2 cm³/mol. The Morgan fingerprint density at radius 2 is 2.25 bits per heavy atom. The molecule has 0 saturated heterocycles. The molecular weight excluding hydrogens is 198 g/mol. The molecule has 0 spiro atoms. The second-order valence-corrected chi connectivity index (χ2v) is 4.37.